The van der Waals surface area contributed by atoms with Crippen LogP contribution in [-0.4, -0.2) is 25.5 Å². The Bertz CT molecular complexity index is 519. The highest BCUT2D eigenvalue weighted by Crippen LogP contribution is 2.20. The Hall–Kier alpha value is -1.81. The maximum absolute atomic E-state index is 11.9. The number of hydrogen-bond acceptors (Lipinski definition) is 3. The predicted molar refractivity (Wildman–Crippen MR) is 67.1 cm³/mol. The van der Waals surface area contributed by atoms with Crippen molar-refractivity contribution in [3.63, 3.8) is 0 Å². The first-order chi connectivity index (χ1) is 8.22. The van der Waals surface area contributed by atoms with Crippen LogP contribution >= 0.6 is 0 Å². The Labute approximate surface area is 100.0 Å². The highest BCUT2D eigenvalue weighted by atomic mass is 16.3. The molecule has 4 nitrogen and oxygen atoms in total. The number of amides is 1. The van der Waals surface area contributed by atoms with E-state index in [1.807, 2.05) is 38.2 Å². The van der Waals surface area contributed by atoms with E-state index in [-0.39, 0.29) is 11.9 Å². The first-order valence-corrected chi connectivity index (χ1v) is 5.64. The molecule has 0 saturated heterocycles. The fourth-order valence-electron chi connectivity index (χ4n) is 1.60. The number of hydrogen-bond donors (Lipinski definition) is 2. The first-order valence-electron chi connectivity index (χ1n) is 5.64. The van der Waals surface area contributed by atoms with Gasteiger partial charge >= 0.3 is 0 Å². The molecule has 2 rings (SSSR count). The maximum Gasteiger partial charge on any atom is 0.255 e. The molecule has 17 heavy (non-hydrogen) atoms. The average molecular weight is 232 g/mol. The van der Waals surface area contributed by atoms with E-state index >= 15 is 0 Å². The van der Waals surface area contributed by atoms with Gasteiger partial charge in [-0.15, -0.1) is 0 Å². The van der Waals surface area contributed by atoms with Crippen LogP contribution < -0.4 is 10.6 Å². The number of benzene rings is 1. The summed E-state index contributed by atoms with van der Waals surface area (Å²) in [6.45, 7) is 2.60. The van der Waals surface area contributed by atoms with E-state index in [2.05, 4.69) is 10.6 Å². The highest BCUT2D eigenvalue weighted by molar-refractivity contribution is 6.05. The highest BCUT2D eigenvalue weighted by Gasteiger charge is 2.13. The van der Waals surface area contributed by atoms with Gasteiger partial charge in [0.15, 0.2) is 0 Å². The zero-order valence-electron chi connectivity index (χ0n) is 9.99. The summed E-state index contributed by atoms with van der Waals surface area (Å²) in [6, 6.07) is 7.76. The van der Waals surface area contributed by atoms with Crippen molar-refractivity contribution in [1.82, 2.24) is 10.6 Å². The smallest absolute Gasteiger partial charge is 0.255 e. The van der Waals surface area contributed by atoms with Crippen LogP contribution in [0.15, 0.2) is 34.9 Å². The molecular weight excluding hydrogens is 216 g/mol. The molecule has 1 atom stereocenters. The normalized spacial score (nSPS) is 12.6. The summed E-state index contributed by atoms with van der Waals surface area (Å²) in [7, 11) is 1.87. The quantitative estimate of drug-likeness (QED) is 0.844. The van der Waals surface area contributed by atoms with Crippen LogP contribution in [-0.2, 0) is 0 Å². The number of likely N-dealkylation sites (N-methyl/N-ethyl adjacent to an activating group) is 1. The summed E-state index contributed by atoms with van der Waals surface area (Å²) >= 11 is 0. The third-order valence-corrected chi connectivity index (χ3v) is 2.79. The number of rotatable bonds is 4. The van der Waals surface area contributed by atoms with Crippen molar-refractivity contribution in [2.45, 2.75) is 13.0 Å². The molecule has 1 heterocycles. The van der Waals surface area contributed by atoms with Crippen LogP contribution in [0.3, 0.4) is 0 Å². The second-order valence-electron chi connectivity index (χ2n) is 4.05. The lowest BCUT2D eigenvalue weighted by Gasteiger charge is -2.10. The second kappa shape index (κ2) is 5.01. The van der Waals surface area contributed by atoms with E-state index in [1.165, 1.54) is 6.26 Å². The molecule has 1 aromatic heterocycles. The summed E-state index contributed by atoms with van der Waals surface area (Å²) in [4.78, 5) is 11.9. The standard InChI is InChI=1S/C13H16N2O2/c1-9(14-2)7-15-13(16)11-8-17-12-6-4-3-5-10(11)12/h3-6,8-9,14H,7H2,1-2H3,(H,15,16). The maximum atomic E-state index is 11.9. The van der Waals surface area contributed by atoms with E-state index in [0.717, 1.165) is 11.0 Å². The Morgan fingerprint density at radius 3 is 2.94 bits per heavy atom. The van der Waals surface area contributed by atoms with E-state index in [0.29, 0.717) is 12.1 Å². The summed E-state index contributed by atoms with van der Waals surface area (Å²) in [5.74, 6) is -0.1000. The molecule has 1 aromatic carbocycles. The van der Waals surface area contributed by atoms with Gasteiger partial charge in [0.1, 0.15) is 11.8 Å². The molecule has 90 valence electrons. The molecule has 2 N–H and O–H groups in total. The molecule has 1 amide bonds. The van der Waals surface area contributed by atoms with Crippen LogP contribution in [0, 0.1) is 0 Å². The zero-order chi connectivity index (χ0) is 12.3. The van der Waals surface area contributed by atoms with Crippen molar-refractivity contribution < 1.29 is 9.21 Å². The lowest BCUT2D eigenvalue weighted by Crippen LogP contribution is -2.37. The Morgan fingerprint density at radius 1 is 1.41 bits per heavy atom. The molecule has 0 fully saturated rings. The van der Waals surface area contributed by atoms with Crippen LogP contribution in [0.2, 0.25) is 0 Å². The van der Waals surface area contributed by atoms with Crippen LogP contribution in [0.5, 0.6) is 0 Å². The molecule has 1 unspecified atom stereocenters. The first kappa shape index (κ1) is 11.7. The van der Waals surface area contributed by atoms with Crippen LogP contribution in [0.25, 0.3) is 11.0 Å². The number of nitrogens with one attached hydrogen (secondary N) is 2. The zero-order valence-corrected chi connectivity index (χ0v) is 9.99. The van der Waals surface area contributed by atoms with Gasteiger partial charge in [-0.05, 0) is 20.0 Å². The second-order valence-corrected chi connectivity index (χ2v) is 4.05. The molecule has 0 radical (unpaired) electrons. The van der Waals surface area contributed by atoms with Gasteiger partial charge in [-0.25, -0.2) is 0 Å². The van der Waals surface area contributed by atoms with Gasteiger partial charge in [-0.1, -0.05) is 18.2 Å². The molecule has 0 aliphatic rings. The van der Waals surface area contributed by atoms with Crippen molar-refractivity contribution in [2.24, 2.45) is 0 Å². The lowest BCUT2D eigenvalue weighted by molar-refractivity contribution is 0.0951. The molecule has 4 heteroatoms. The van der Waals surface area contributed by atoms with Gasteiger partial charge in [-0.3, -0.25) is 4.79 Å². The van der Waals surface area contributed by atoms with E-state index in [4.69, 9.17) is 4.42 Å². The Morgan fingerprint density at radius 2 is 2.18 bits per heavy atom. The van der Waals surface area contributed by atoms with Gasteiger partial charge in [0.25, 0.3) is 5.91 Å². The SMILES string of the molecule is CNC(C)CNC(=O)c1coc2ccccc12. The lowest BCUT2D eigenvalue weighted by atomic mass is 10.1. The molecular formula is C13H16N2O2. The largest absolute Gasteiger partial charge is 0.463 e. The minimum absolute atomic E-state index is 0.1000. The summed E-state index contributed by atoms with van der Waals surface area (Å²) < 4.78 is 5.33. The van der Waals surface area contributed by atoms with E-state index in [9.17, 15) is 4.79 Å². The van der Waals surface area contributed by atoms with E-state index < -0.39 is 0 Å². The molecule has 0 spiro atoms. The molecule has 2 aromatic rings. The number of furan rings is 1. The average Bonchev–Trinajstić information content (AvgIpc) is 2.79. The van der Waals surface area contributed by atoms with Gasteiger partial charge in [0.05, 0.1) is 5.56 Å². The third-order valence-electron chi connectivity index (χ3n) is 2.79. The van der Waals surface area contributed by atoms with Crippen molar-refractivity contribution >= 4 is 16.9 Å². The Balaban J connectivity index is 2.14. The molecule has 0 aliphatic heterocycles. The van der Waals surface area contributed by atoms with Crippen molar-refractivity contribution in [3.8, 4) is 0 Å². The van der Waals surface area contributed by atoms with Crippen LogP contribution in [0.1, 0.15) is 17.3 Å². The van der Waals surface area contributed by atoms with Gasteiger partial charge in [0, 0.05) is 18.0 Å². The number of carbonyl (C=O) groups is 1. The Kier molecular flexibility index (Phi) is 3.44. The summed E-state index contributed by atoms with van der Waals surface area (Å²) in [5, 5.41) is 6.78. The topological polar surface area (TPSA) is 54.3 Å². The molecule has 0 aliphatic carbocycles. The molecule has 0 saturated carbocycles. The number of para-hydroxylation sites is 1. The minimum atomic E-state index is -0.1000. The third kappa shape index (κ3) is 2.47. The van der Waals surface area contributed by atoms with Gasteiger partial charge < -0.3 is 15.1 Å². The van der Waals surface area contributed by atoms with Gasteiger partial charge in [-0.2, -0.15) is 0 Å². The summed E-state index contributed by atoms with van der Waals surface area (Å²) in [5.41, 5.74) is 1.32. The number of fused-ring (bicyclic) bond motifs is 1. The summed E-state index contributed by atoms with van der Waals surface area (Å²) in [6.07, 6.45) is 1.50. The van der Waals surface area contributed by atoms with Gasteiger partial charge in [0.2, 0.25) is 0 Å². The minimum Gasteiger partial charge on any atom is -0.463 e. The van der Waals surface area contributed by atoms with Crippen molar-refractivity contribution in [3.05, 3.63) is 36.1 Å². The van der Waals surface area contributed by atoms with Crippen LogP contribution in [0.4, 0.5) is 0 Å². The van der Waals surface area contributed by atoms with Crippen molar-refractivity contribution in [1.29, 1.82) is 0 Å². The fraction of sp³-hybridized carbons (Fsp3) is 0.308. The fourth-order valence-corrected chi connectivity index (χ4v) is 1.60. The number of carbonyl (C=O) groups excluding carboxylic acids is 1. The van der Waals surface area contributed by atoms with Crippen molar-refractivity contribution in [2.75, 3.05) is 13.6 Å². The predicted octanol–water partition coefficient (Wildman–Crippen LogP) is 1.77. The monoisotopic (exact) mass is 232 g/mol. The van der Waals surface area contributed by atoms with E-state index in [1.54, 1.807) is 0 Å². The molecule has 0 bridgehead atoms.